The number of benzene rings is 1. The molecule has 2 aromatic rings. The molecule has 1 aromatic heterocycles. The number of aromatic nitrogens is 2. The number of anilines is 1. The Hall–Kier alpha value is -2.68. The highest BCUT2D eigenvalue weighted by atomic mass is 32.2. The SMILES string of the molecule is COc1cnc(C(=O)Nc2ccc(F)c([C@]3(C)CC(C)(C)SC(N)=N3)c2)cn1. The van der Waals surface area contributed by atoms with Crippen molar-refractivity contribution in [3.05, 3.63) is 47.7 Å². The van der Waals surface area contributed by atoms with Crippen LogP contribution < -0.4 is 15.8 Å². The number of halogens is 1. The van der Waals surface area contributed by atoms with Gasteiger partial charge in [-0.25, -0.2) is 14.4 Å². The van der Waals surface area contributed by atoms with Crippen LogP contribution in [0.15, 0.2) is 35.6 Å². The van der Waals surface area contributed by atoms with E-state index in [0.29, 0.717) is 28.7 Å². The van der Waals surface area contributed by atoms with Crippen molar-refractivity contribution >= 4 is 28.5 Å². The molecule has 148 valence electrons. The first-order valence-corrected chi connectivity index (χ1v) is 9.45. The molecule has 7 nitrogen and oxygen atoms in total. The number of carbonyl (C=O) groups is 1. The Balaban J connectivity index is 1.89. The molecule has 0 saturated heterocycles. The Morgan fingerprint density at radius 3 is 2.64 bits per heavy atom. The number of thioether (sulfide) groups is 1. The summed E-state index contributed by atoms with van der Waals surface area (Å²) in [5.74, 6) is -0.550. The summed E-state index contributed by atoms with van der Waals surface area (Å²) in [5, 5.41) is 3.14. The molecule has 0 aliphatic carbocycles. The van der Waals surface area contributed by atoms with Gasteiger partial charge in [0, 0.05) is 16.0 Å². The number of hydrogen-bond donors (Lipinski definition) is 2. The van der Waals surface area contributed by atoms with Crippen LogP contribution in [0.2, 0.25) is 0 Å². The monoisotopic (exact) mass is 403 g/mol. The Labute approximate surface area is 167 Å². The molecular formula is C19H22FN5O2S. The Morgan fingerprint density at radius 2 is 2.04 bits per heavy atom. The second-order valence-electron chi connectivity index (χ2n) is 7.36. The van der Waals surface area contributed by atoms with Gasteiger partial charge in [-0.15, -0.1) is 0 Å². The molecule has 28 heavy (non-hydrogen) atoms. The highest BCUT2D eigenvalue weighted by Gasteiger charge is 2.40. The second kappa shape index (κ2) is 7.38. The zero-order chi connectivity index (χ0) is 20.5. The minimum Gasteiger partial charge on any atom is -0.480 e. The number of amidine groups is 1. The van der Waals surface area contributed by atoms with Crippen LogP contribution in [0, 0.1) is 5.82 Å². The third-order valence-electron chi connectivity index (χ3n) is 4.38. The van der Waals surface area contributed by atoms with Crippen molar-refractivity contribution in [2.24, 2.45) is 10.7 Å². The van der Waals surface area contributed by atoms with E-state index in [4.69, 9.17) is 10.5 Å². The van der Waals surface area contributed by atoms with Gasteiger partial charge in [-0.1, -0.05) is 25.6 Å². The minimum atomic E-state index is -0.830. The summed E-state index contributed by atoms with van der Waals surface area (Å²) >= 11 is 1.47. The van der Waals surface area contributed by atoms with Crippen LogP contribution in [0.25, 0.3) is 0 Å². The molecule has 2 heterocycles. The molecule has 9 heteroatoms. The van der Waals surface area contributed by atoms with Crippen molar-refractivity contribution in [2.75, 3.05) is 12.4 Å². The number of rotatable bonds is 4. The van der Waals surface area contributed by atoms with Gasteiger partial charge < -0.3 is 15.8 Å². The van der Waals surface area contributed by atoms with E-state index >= 15 is 0 Å². The predicted molar refractivity (Wildman–Crippen MR) is 108 cm³/mol. The summed E-state index contributed by atoms with van der Waals surface area (Å²) < 4.78 is 19.4. The van der Waals surface area contributed by atoms with Crippen molar-refractivity contribution in [2.45, 2.75) is 37.5 Å². The normalized spacial score (nSPS) is 21.0. The molecule has 0 unspecified atom stereocenters. The van der Waals surface area contributed by atoms with E-state index in [1.54, 1.807) is 6.07 Å². The molecule has 3 rings (SSSR count). The first kappa shape index (κ1) is 20.1. The highest BCUT2D eigenvalue weighted by Crippen LogP contribution is 2.45. The average Bonchev–Trinajstić information content (AvgIpc) is 2.61. The molecule has 0 spiro atoms. The predicted octanol–water partition coefficient (Wildman–Crippen LogP) is 3.32. The number of nitrogens with zero attached hydrogens (tertiary/aromatic N) is 3. The summed E-state index contributed by atoms with van der Waals surface area (Å²) in [6.45, 7) is 5.94. The second-order valence-corrected chi connectivity index (χ2v) is 9.08. The quantitative estimate of drug-likeness (QED) is 0.812. The van der Waals surface area contributed by atoms with Crippen LogP contribution in [0.5, 0.6) is 5.88 Å². The number of nitrogens with two attached hydrogens (primary N) is 1. The van der Waals surface area contributed by atoms with Crippen molar-refractivity contribution in [3.8, 4) is 5.88 Å². The van der Waals surface area contributed by atoms with Gasteiger partial charge in [-0.05, 0) is 31.5 Å². The zero-order valence-corrected chi connectivity index (χ0v) is 16.9. The largest absolute Gasteiger partial charge is 0.480 e. The Bertz CT molecular complexity index is 932. The number of aliphatic imine (C=N–C) groups is 1. The van der Waals surface area contributed by atoms with Crippen molar-refractivity contribution in [3.63, 3.8) is 0 Å². The maximum absolute atomic E-state index is 14.7. The summed E-state index contributed by atoms with van der Waals surface area (Å²) in [7, 11) is 1.46. The Morgan fingerprint density at radius 1 is 1.29 bits per heavy atom. The van der Waals surface area contributed by atoms with Gasteiger partial charge in [0.05, 0.1) is 25.0 Å². The fourth-order valence-corrected chi connectivity index (χ4v) is 4.53. The molecular weight excluding hydrogens is 381 g/mol. The molecule has 0 saturated carbocycles. The lowest BCUT2D eigenvalue weighted by Crippen LogP contribution is -2.38. The number of amides is 1. The highest BCUT2D eigenvalue weighted by molar-refractivity contribution is 8.15. The summed E-state index contributed by atoms with van der Waals surface area (Å²) in [6.07, 6.45) is 3.26. The smallest absolute Gasteiger partial charge is 0.275 e. The van der Waals surface area contributed by atoms with Crippen LogP contribution in [0.1, 0.15) is 43.2 Å². The first-order chi connectivity index (χ1) is 13.1. The van der Waals surface area contributed by atoms with Crippen molar-refractivity contribution < 1.29 is 13.9 Å². The summed E-state index contributed by atoms with van der Waals surface area (Å²) in [5.41, 5.74) is 6.09. The van der Waals surface area contributed by atoms with Gasteiger partial charge in [-0.2, -0.15) is 0 Å². The van der Waals surface area contributed by atoms with Crippen LogP contribution in [-0.2, 0) is 5.54 Å². The van der Waals surface area contributed by atoms with Crippen LogP contribution in [-0.4, -0.2) is 32.9 Å². The number of methoxy groups -OCH3 is 1. The average molecular weight is 403 g/mol. The van der Waals surface area contributed by atoms with E-state index in [0.717, 1.165) is 0 Å². The van der Waals surface area contributed by atoms with E-state index in [-0.39, 0.29) is 10.4 Å². The van der Waals surface area contributed by atoms with E-state index in [1.807, 2.05) is 20.8 Å². The molecule has 0 fully saturated rings. The van der Waals surface area contributed by atoms with E-state index < -0.39 is 17.3 Å². The molecule has 1 aliphatic rings. The molecule has 1 amide bonds. The van der Waals surface area contributed by atoms with Gasteiger partial charge >= 0.3 is 0 Å². The van der Waals surface area contributed by atoms with Crippen molar-refractivity contribution in [1.29, 1.82) is 0 Å². The lowest BCUT2D eigenvalue weighted by atomic mass is 9.83. The zero-order valence-electron chi connectivity index (χ0n) is 16.1. The lowest BCUT2D eigenvalue weighted by molar-refractivity contribution is 0.102. The van der Waals surface area contributed by atoms with Crippen LogP contribution >= 0.6 is 11.8 Å². The molecule has 1 atom stereocenters. The van der Waals surface area contributed by atoms with Crippen LogP contribution in [0.3, 0.4) is 0 Å². The maximum Gasteiger partial charge on any atom is 0.275 e. The fourth-order valence-electron chi connectivity index (χ4n) is 3.36. The number of nitrogens with one attached hydrogen (secondary N) is 1. The fraction of sp³-hybridized carbons (Fsp3) is 0.368. The minimum absolute atomic E-state index is 0.121. The maximum atomic E-state index is 14.7. The first-order valence-electron chi connectivity index (χ1n) is 8.64. The van der Waals surface area contributed by atoms with Gasteiger partial charge in [0.25, 0.3) is 5.91 Å². The lowest BCUT2D eigenvalue weighted by Gasteiger charge is -2.39. The van der Waals surface area contributed by atoms with Crippen LogP contribution in [0.4, 0.5) is 10.1 Å². The molecule has 0 radical (unpaired) electrons. The van der Waals surface area contributed by atoms with Crippen molar-refractivity contribution in [1.82, 2.24) is 9.97 Å². The standard InChI is InChI=1S/C19H22FN5O2S/c1-18(2)10-19(3,25-17(21)28-18)12-7-11(5-6-13(12)20)24-16(26)14-8-23-15(27-4)9-22-14/h5-9H,10H2,1-4H3,(H2,21,25)(H,24,26)/t19-/m0/s1. The number of hydrogen-bond acceptors (Lipinski definition) is 7. The third kappa shape index (κ3) is 4.24. The number of carbonyl (C=O) groups excluding carboxylic acids is 1. The van der Waals surface area contributed by atoms with Gasteiger partial charge in [0.1, 0.15) is 11.5 Å². The van der Waals surface area contributed by atoms with Gasteiger partial charge in [-0.3, -0.25) is 9.79 Å². The molecule has 1 aromatic carbocycles. The van der Waals surface area contributed by atoms with Gasteiger partial charge in [0.15, 0.2) is 5.17 Å². The van der Waals surface area contributed by atoms with E-state index in [9.17, 15) is 9.18 Å². The third-order valence-corrected chi connectivity index (χ3v) is 5.38. The van der Waals surface area contributed by atoms with E-state index in [2.05, 4.69) is 20.3 Å². The van der Waals surface area contributed by atoms with Gasteiger partial charge in [0.2, 0.25) is 5.88 Å². The topological polar surface area (TPSA) is 102 Å². The molecule has 3 N–H and O–H groups in total. The molecule has 1 aliphatic heterocycles. The Kier molecular flexibility index (Phi) is 5.29. The summed E-state index contributed by atoms with van der Waals surface area (Å²) in [4.78, 5) is 24.9. The van der Waals surface area contributed by atoms with E-state index in [1.165, 1.54) is 43.4 Å². The molecule has 0 bridgehead atoms. The summed E-state index contributed by atoms with van der Waals surface area (Å²) in [6, 6.07) is 4.40. The number of ether oxygens (including phenoxy) is 1.